The number of ether oxygens (including phenoxy) is 2. The zero-order chi connectivity index (χ0) is 12.0. The van der Waals surface area contributed by atoms with Crippen molar-refractivity contribution in [3.8, 4) is 0 Å². The molecule has 3 heteroatoms. The molecule has 0 aliphatic carbocycles. The van der Waals surface area contributed by atoms with Crippen LogP contribution in [0.4, 0.5) is 0 Å². The molecule has 2 heterocycles. The van der Waals surface area contributed by atoms with Crippen LogP contribution in [0.5, 0.6) is 0 Å². The van der Waals surface area contributed by atoms with Crippen molar-refractivity contribution < 1.29 is 9.47 Å². The van der Waals surface area contributed by atoms with Crippen LogP contribution in [-0.2, 0) is 9.47 Å². The zero-order valence-corrected chi connectivity index (χ0v) is 11.2. The largest absolute Gasteiger partial charge is 0.381 e. The van der Waals surface area contributed by atoms with E-state index in [1.807, 2.05) is 0 Å². The Hall–Kier alpha value is -0.120. The molecule has 2 saturated heterocycles. The van der Waals surface area contributed by atoms with Gasteiger partial charge in [-0.3, -0.25) is 0 Å². The number of hydrogen-bond donors (Lipinski definition) is 1. The molecule has 100 valence electrons. The van der Waals surface area contributed by atoms with E-state index in [2.05, 4.69) is 12.2 Å². The van der Waals surface area contributed by atoms with E-state index in [0.717, 1.165) is 45.3 Å². The topological polar surface area (TPSA) is 30.5 Å². The van der Waals surface area contributed by atoms with Crippen LogP contribution in [0.25, 0.3) is 0 Å². The average Bonchev–Trinajstić information content (AvgIpc) is 2.77. The average molecular weight is 241 g/mol. The number of unbranched alkanes of at least 4 members (excludes halogenated alkanes) is 1. The first kappa shape index (κ1) is 13.3. The van der Waals surface area contributed by atoms with Crippen molar-refractivity contribution >= 4 is 0 Å². The molecular formula is C14H27NO2. The molecule has 0 amide bonds. The standard InChI is InChI=1S/C14H27NO2/c1-14(7-11-17-12-14)15-8-3-2-4-13-5-9-16-10-6-13/h13,15H,2-12H2,1H3. The second-order valence-electron chi connectivity index (χ2n) is 5.84. The molecule has 1 N–H and O–H groups in total. The Morgan fingerprint density at radius 2 is 1.94 bits per heavy atom. The van der Waals surface area contributed by atoms with Crippen molar-refractivity contribution in [3.05, 3.63) is 0 Å². The van der Waals surface area contributed by atoms with Gasteiger partial charge in [-0.2, -0.15) is 0 Å². The molecule has 2 aliphatic rings. The minimum absolute atomic E-state index is 0.249. The summed E-state index contributed by atoms with van der Waals surface area (Å²) in [4.78, 5) is 0. The lowest BCUT2D eigenvalue weighted by atomic mass is 9.94. The fraction of sp³-hybridized carbons (Fsp3) is 1.00. The summed E-state index contributed by atoms with van der Waals surface area (Å²) in [7, 11) is 0. The number of hydrogen-bond acceptors (Lipinski definition) is 3. The molecule has 0 aromatic carbocycles. The first-order valence-electron chi connectivity index (χ1n) is 7.19. The summed E-state index contributed by atoms with van der Waals surface area (Å²) in [5.74, 6) is 0.925. The highest BCUT2D eigenvalue weighted by molar-refractivity contribution is 4.86. The van der Waals surface area contributed by atoms with Gasteiger partial charge in [0.05, 0.1) is 6.61 Å². The van der Waals surface area contributed by atoms with Crippen LogP contribution >= 0.6 is 0 Å². The Labute approximate surface area is 105 Å². The lowest BCUT2D eigenvalue weighted by Gasteiger charge is -2.24. The monoisotopic (exact) mass is 241 g/mol. The van der Waals surface area contributed by atoms with E-state index in [-0.39, 0.29) is 5.54 Å². The van der Waals surface area contributed by atoms with Gasteiger partial charge in [0.2, 0.25) is 0 Å². The molecule has 2 fully saturated rings. The number of nitrogens with one attached hydrogen (secondary N) is 1. The first-order chi connectivity index (χ1) is 8.29. The Morgan fingerprint density at radius 1 is 1.12 bits per heavy atom. The highest BCUT2D eigenvalue weighted by Crippen LogP contribution is 2.21. The van der Waals surface area contributed by atoms with Crippen molar-refractivity contribution in [2.45, 2.75) is 51.0 Å². The third-order valence-electron chi connectivity index (χ3n) is 4.15. The van der Waals surface area contributed by atoms with Crippen LogP contribution in [0.2, 0.25) is 0 Å². The van der Waals surface area contributed by atoms with Gasteiger partial charge in [0.15, 0.2) is 0 Å². The van der Waals surface area contributed by atoms with Gasteiger partial charge >= 0.3 is 0 Å². The molecule has 17 heavy (non-hydrogen) atoms. The molecule has 0 spiro atoms. The molecular weight excluding hydrogens is 214 g/mol. The second kappa shape index (κ2) is 6.72. The van der Waals surface area contributed by atoms with Crippen molar-refractivity contribution in [1.29, 1.82) is 0 Å². The van der Waals surface area contributed by atoms with Gasteiger partial charge in [-0.15, -0.1) is 0 Å². The van der Waals surface area contributed by atoms with E-state index in [1.165, 1.54) is 32.1 Å². The Morgan fingerprint density at radius 3 is 2.65 bits per heavy atom. The van der Waals surface area contributed by atoms with E-state index < -0.39 is 0 Å². The molecule has 2 rings (SSSR count). The van der Waals surface area contributed by atoms with Crippen LogP contribution in [0.15, 0.2) is 0 Å². The fourth-order valence-electron chi connectivity index (χ4n) is 2.79. The van der Waals surface area contributed by atoms with Crippen LogP contribution in [0.1, 0.15) is 45.4 Å². The van der Waals surface area contributed by atoms with Gasteiger partial charge in [-0.25, -0.2) is 0 Å². The molecule has 0 saturated carbocycles. The predicted molar refractivity (Wildman–Crippen MR) is 69.2 cm³/mol. The van der Waals surface area contributed by atoms with Gasteiger partial charge in [0, 0.05) is 25.4 Å². The Balaban J connectivity index is 1.48. The summed E-state index contributed by atoms with van der Waals surface area (Å²) < 4.78 is 10.8. The zero-order valence-electron chi connectivity index (χ0n) is 11.2. The molecule has 1 atom stereocenters. The van der Waals surface area contributed by atoms with Crippen LogP contribution in [-0.4, -0.2) is 38.5 Å². The van der Waals surface area contributed by atoms with E-state index in [9.17, 15) is 0 Å². The molecule has 0 aromatic heterocycles. The third kappa shape index (κ3) is 4.57. The normalized spacial score (nSPS) is 30.9. The van der Waals surface area contributed by atoms with Gasteiger partial charge in [-0.05, 0) is 45.1 Å². The van der Waals surface area contributed by atoms with Crippen molar-refractivity contribution in [1.82, 2.24) is 5.32 Å². The maximum atomic E-state index is 5.44. The Bertz CT molecular complexity index is 208. The predicted octanol–water partition coefficient (Wildman–Crippen LogP) is 2.35. The molecule has 0 aromatic rings. The summed E-state index contributed by atoms with van der Waals surface area (Å²) >= 11 is 0. The van der Waals surface area contributed by atoms with Crippen LogP contribution < -0.4 is 5.32 Å². The van der Waals surface area contributed by atoms with E-state index in [0.29, 0.717) is 0 Å². The fourth-order valence-corrected chi connectivity index (χ4v) is 2.79. The Kier molecular flexibility index (Phi) is 5.26. The second-order valence-corrected chi connectivity index (χ2v) is 5.84. The molecule has 3 nitrogen and oxygen atoms in total. The van der Waals surface area contributed by atoms with Crippen molar-refractivity contribution in [3.63, 3.8) is 0 Å². The van der Waals surface area contributed by atoms with Gasteiger partial charge in [0.25, 0.3) is 0 Å². The van der Waals surface area contributed by atoms with Gasteiger partial charge < -0.3 is 14.8 Å². The lowest BCUT2D eigenvalue weighted by Crippen LogP contribution is -2.43. The third-order valence-corrected chi connectivity index (χ3v) is 4.15. The SMILES string of the molecule is CC1(NCCCCC2CCOCC2)CCOC1. The molecule has 2 aliphatic heterocycles. The molecule has 1 unspecified atom stereocenters. The van der Waals surface area contributed by atoms with Crippen LogP contribution in [0, 0.1) is 5.92 Å². The van der Waals surface area contributed by atoms with E-state index >= 15 is 0 Å². The summed E-state index contributed by atoms with van der Waals surface area (Å²) in [6.45, 7) is 7.19. The van der Waals surface area contributed by atoms with Crippen molar-refractivity contribution in [2.75, 3.05) is 33.0 Å². The summed E-state index contributed by atoms with van der Waals surface area (Å²) in [6, 6.07) is 0. The number of rotatable bonds is 6. The van der Waals surface area contributed by atoms with E-state index in [1.54, 1.807) is 0 Å². The van der Waals surface area contributed by atoms with Gasteiger partial charge in [-0.1, -0.05) is 12.8 Å². The summed E-state index contributed by atoms with van der Waals surface area (Å²) in [5.41, 5.74) is 0.249. The summed E-state index contributed by atoms with van der Waals surface area (Å²) in [6.07, 6.45) is 7.75. The van der Waals surface area contributed by atoms with Crippen LogP contribution in [0.3, 0.4) is 0 Å². The minimum atomic E-state index is 0.249. The highest BCUT2D eigenvalue weighted by atomic mass is 16.5. The maximum Gasteiger partial charge on any atom is 0.0646 e. The van der Waals surface area contributed by atoms with E-state index in [4.69, 9.17) is 9.47 Å². The summed E-state index contributed by atoms with van der Waals surface area (Å²) in [5, 5.41) is 3.65. The minimum Gasteiger partial charge on any atom is -0.381 e. The quantitative estimate of drug-likeness (QED) is 0.724. The highest BCUT2D eigenvalue weighted by Gasteiger charge is 2.28. The molecule has 0 radical (unpaired) electrons. The van der Waals surface area contributed by atoms with Crippen molar-refractivity contribution in [2.24, 2.45) is 5.92 Å². The smallest absolute Gasteiger partial charge is 0.0646 e. The molecule has 0 bridgehead atoms. The van der Waals surface area contributed by atoms with Gasteiger partial charge in [0.1, 0.15) is 0 Å². The lowest BCUT2D eigenvalue weighted by molar-refractivity contribution is 0.0631. The first-order valence-corrected chi connectivity index (χ1v) is 7.19. The maximum absolute atomic E-state index is 5.44.